The van der Waals surface area contributed by atoms with E-state index in [9.17, 15) is 4.79 Å². The fourth-order valence-electron chi connectivity index (χ4n) is 6.89. The fraction of sp³-hybridized carbons (Fsp3) is 0.595. The number of thioether (sulfide) groups is 1. The van der Waals surface area contributed by atoms with E-state index < -0.39 is 0 Å². The summed E-state index contributed by atoms with van der Waals surface area (Å²) in [5.41, 5.74) is 6.87. The Balaban J connectivity index is 1.29. The van der Waals surface area contributed by atoms with Crippen LogP contribution in [-0.2, 0) is 22.4 Å². The summed E-state index contributed by atoms with van der Waals surface area (Å²) in [5, 5.41) is 1.95. The van der Waals surface area contributed by atoms with Crippen molar-refractivity contribution in [2.45, 2.75) is 104 Å². The van der Waals surface area contributed by atoms with E-state index in [1.54, 1.807) is 11.8 Å². The molecule has 0 spiro atoms. The molecule has 2 aromatic carbocycles. The molecule has 4 rings (SSSR count). The second kappa shape index (κ2) is 16.3. The van der Waals surface area contributed by atoms with E-state index >= 15 is 0 Å². The first-order valence-electron chi connectivity index (χ1n) is 16.7. The number of ether oxygens (including phenoxy) is 1. The van der Waals surface area contributed by atoms with E-state index in [0.29, 0.717) is 31.3 Å². The molecule has 2 aliphatic heterocycles. The van der Waals surface area contributed by atoms with Gasteiger partial charge >= 0.3 is 0 Å². The molecule has 2 aliphatic rings. The Labute approximate surface area is 266 Å². The number of carbonyl (C=O) groups is 1. The van der Waals surface area contributed by atoms with Gasteiger partial charge in [0, 0.05) is 57.0 Å². The Hall–Kier alpha value is -2.12. The van der Waals surface area contributed by atoms with Gasteiger partial charge in [0.2, 0.25) is 5.91 Å². The van der Waals surface area contributed by atoms with Crippen molar-refractivity contribution >= 4 is 17.7 Å². The van der Waals surface area contributed by atoms with Gasteiger partial charge < -0.3 is 9.64 Å². The Bertz CT molecular complexity index is 1180. The number of likely N-dealkylation sites (tertiary alicyclic amines) is 1. The van der Waals surface area contributed by atoms with Crippen molar-refractivity contribution in [1.82, 2.24) is 14.7 Å². The standard InChI is InChI=1S/C37H55N3O2S/c1-8-31-23-32(9-2)25-35(24-31)34-14-12-33(13-15-34)29(6)39-19-18-38(26-28(39)5)36-16-17-40(27(4)22-36)37(41)30(7)43-21-11-20-42-10-3/h11-15,21,23-25,27-30,36H,8-10,16-20,22,26H2,1-7H3/b21-11-/t27?,28-,29+,30?,36?/m1/s1. The molecule has 2 saturated heterocycles. The number of rotatable bonds is 12. The van der Waals surface area contributed by atoms with Gasteiger partial charge in [-0.15, -0.1) is 11.8 Å². The maximum Gasteiger partial charge on any atom is 0.235 e. The third kappa shape index (κ3) is 8.75. The average molecular weight is 606 g/mol. The molecule has 5 nitrogen and oxygen atoms in total. The number of piperidine rings is 1. The number of aryl methyl sites for hydroxylation is 2. The molecule has 5 atom stereocenters. The molecular weight excluding hydrogens is 550 g/mol. The van der Waals surface area contributed by atoms with Crippen molar-refractivity contribution in [3.8, 4) is 11.1 Å². The minimum Gasteiger partial charge on any atom is -0.378 e. The highest BCUT2D eigenvalue weighted by atomic mass is 32.2. The number of amides is 1. The Morgan fingerprint density at radius 3 is 2.26 bits per heavy atom. The summed E-state index contributed by atoms with van der Waals surface area (Å²) in [6, 6.07) is 18.1. The topological polar surface area (TPSA) is 36.0 Å². The van der Waals surface area contributed by atoms with Crippen LogP contribution in [0.1, 0.15) is 84.0 Å². The zero-order valence-electron chi connectivity index (χ0n) is 27.7. The molecule has 3 unspecified atom stereocenters. The summed E-state index contributed by atoms with van der Waals surface area (Å²) in [6.07, 6.45) is 6.27. The van der Waals surface area contributed by atoms with Crippen LogP contribution in [0.2, 0.25) is 0 Å². The first kappa shape index (κ1) is 33.8. The summed E-state index contributed by atoms with van der Waals surface area (Å²) >= 11 is 1.60. The second-order valence-electron chi connectivity index (χ2n) is 12.5. The molecular formula is C37H55N3O2S. The van der Waals surface area contributed by atoms with Gasteiger partial charge in [-0.05, 0) is 93.5 Å². The Kier molecular flexibility index (Phi) is 12.8. The molecule has 2 aromatic rings. The van der Waals surface area contributed by atoms with Gasteiger partial charge in [0.05, 0.1) is 11.9 Å². The maximum absolute atomic E-state index is 13.2. The monoisotopic (exact) mass is 605 g/mol. The molecule has 0 aliphatic carbocycles. The lowest BCUT2D eigenvalue weighted by Crippen LogP contribution is -2.59. The van der Waals surface area contributed by atoms with Gasteiger partial charge in [-0.2, -0.15) is 0 Å². The van der Waals surface area contributed by atoms with E-state index in [-0.39, 0.29) is 17.2 Å². The molecule has 236 valence electrons. The molecule has 6 heteroatoms. The van der Waals surface area contributed by atoms with Crippen LogP contribution < -0.4 is 0 Å². The minimum atomic E-state index is -0.0636. The van der Waals surface area contributed by atoms with Gasteiger partial charge in [-0.25, -0.2) is 0 Å². The molecule has 2 heterocycles. The van der Waals surface area contributed by atoms with Crippen molar-refractivity contribution in [2.24, 2.45) is 0 Å². The van der Waals surface area contributed by atoms with E-state index in [4.69, 9.17) is 4.74 Å². The lowest BCUT2D eigenvalue weighted by atomic mass is 9.94. The third-order valence-electron chi connectivity index (χ3n) is 9.60. The van der Waals surface area contributed by atoms with E-state index in [2.05, 4.69) is 91.8 Å². The summed E-state index contributed by atoms with van der Waals surface area (Å²) in [5.74, 6) is 0.263. The highest BCUT2D eigenvalue weighted by Crippen LogP contribution is 2.31. The molecule has 0 aromatic heterocycles. The van der Waals surface area contributed by atoms with Gasteiger partial charge in [0.25, 0.3) is 0 Å². The molecule has 0 saturated carbocycles. The Morgan fingerprint density at radius 2 is 1.65 bits per heavy atom. The highest BCUT2D eigenvalue weighted by molar-refractivity contribution is 8.03. The molecule has 0 bridgehead atoms. The van der Waals surface area contributed by atoms with E-state index in [0.717, 1.165) is 51.9 Å². The molecule has 1 amide bonds. The van der Waals surface area contributed by atoms with Gasteiger partial charge in [-0.1, -0.05) is 62.4 Å². The van der Waals surface area contributed by atoms with E-state index in [1.807, 2.05) is 25.3 Å². The summed E-state index contributed by atoms with van der Waals surface area (Å²) in [6.45, 7) is 20.9. The average Bonchev–Trinajstić information content (AvgIpc) is 3.03. The minimum absolute atomic E-state index is 0.0636. The number of nitrogens with zero attached hydrogens (tertiary/aromatic N) is 3. The number of piperazine rings is 1. The highest BCUT2D eigenvalue weighted by Gasteiger charge is 2.36. The van der Waals surface area contributed by atoms with Crippen LogP contribution in [0, 0.1) is 0 Å². The summed E-state index contributed by atoms with van der Waals surface area (Å²) < 4.78 is 5.36. The second-order valence-corrected chi connectivity index (χ2v) is 13.7. The lowest BCUT2D eigenvalue weighted by molar-refractivity contribution is -0.134. The molecule has 2 fully saturated rings. The summed E-state index contributed by atoms with van der Waals surface area (Å²) in [4.78, 5) is 20.7. The van der Waals surface area contributed by atoms with Crippen LogP contribution in [0.15, 0.2) is 53.9 Å². The smallest absolute Gasteiger partial charge is 0.235 e. The van der Waals surface area contributed by atoms with Gasteiger partial charge in [0.15, 0.2) is 0 Å². The molecule has 0 radical (unpaired) electrons. The molecule has 0 N–H and O–H groups in total. The quantitative estimate of drug-likeness (QED) is 0.233. The normalized spacial score (nSPS) is 23.5. The Morgan fingerprint density at radius 1 is 0.953 bits per heavy atom. The number of hydrogen-bond donors (Lipinski definition) is 0. The van der Waals surface area contributed by atoms with Gasteiger partial charge in [-0.3, -0.25) is 14.6 Å². The van der Waals surface area contributed by atoms with Crippen LogP contribution in [0.25, 0.3) is 11.1 Å². The fourth-order valence-corrected chi connectivity index (χ4v) is 7.56. The zero-order chi connectivity index (χ0) is 30.9. The number of hydrogen-bond acceptors (Lipinski definition) is 5. The summed E-state index contributed by atoms with van der Waals surface area (Å²) in [7, 11) is 0. The first-order chi connectivity index (χ1) is 20.7. The van der Waals surface area contributed by atoms with Crippen LogP contribution in [0.5, 0.6) is 0 Å². The first-order valence-corrected chi connectivity index (χ1v) is 17.6. The van der Waals surface area contributed by atoms with E-state index in [1.165, 1.54) is 27.8 Å². The van der Waals surface area contributed by atoms with Crippen LogP contribution in [0.3, 0.4) is 0 Å². The van der Waals surface area contributed by atoms with Crippen molar-refractivity contribution in [2.75, 3.05) is 39.4 Å². The predicted octanol–water partition coefficient (Wildman–Crippen LogP) is 7.60. The van der Waals surface area contributed by atoms with Crippen molar-refractivity contribution in [3.05, 3.63) is 70.6 Å². The van der Waals surface area contributed by atoms with Gasteiger partial charge in [0.1, 0.15) is 0 Å². The van der Waals surface area contributed by atoms with Crippen molar-refractivity contribution in [1.29, 1.82) is 0 Å². The van der Waals surface area contributed by atoms with Crippen molar-refractivity contribution < 1.29 is 9.53 Å². The zero-order valence-corrected chi connectivity index (χ0v) is 28.5. The number of carbonyl (C=O) groups excluding carboxylic acids is 1. The van der Waals surface area contributed by atoms with Crippen LogP contribution >= 0.6 is 11.8 Å². The van der Waals surface area contributed by atoms with Crippen molar-refractivity contribution in [3.63, 3.8) is 0 Å². The molecule has 43 heavy (non-hydrogen) atoms. The SMILES string of the molecule is CCOC/C=C\SC(C)C(=O)N1CCC(N2CCN([C@@H](C)c3ccc(-c4cc(CC)cc(CC)c4)cc3)[C@H](C)C2)CC1C. The number of benzene rings is 2. The van der Waals surface area contributed by atoms with Crippen LogP contribution in [-0.4, -0.2) is 83.4 Å². The largest absolute Gasteiger partial charge is 0.378 e. The van der Waals surface area contributed by atoms with Crippen LogP contribution in [0.4, 0.5) is 0 Å². The third-order valence-corrected chi connectivity index (χ3v) is 10.6. The lowest BCUT2D eigenvalue weighted by Gasteiger charge is -2.49. The maximum atomic E-state index is 13.2. The predicted molar refractivity (Wildman–Crippen MR) is 184 cm³/mol.